The Morgan fingerprint density at radius 3 is 1.33 bits per heavy atom. The Hall–Kier alpha value is -0.0800. The Bertz CT molecular complexity index is 55.9. The molecule has 0 atom stereocenters. The first-order chi connectivity index (χ1) is 4.30. The topological polar surface area (TPSA) is 6.48 Å². The summed E-state index contributed by atoms with van der Waals surface area (Å²) in [6.07, 6.45) is 1.33. The van der Waals surface area contributed by atoms with Crippen LogP contribution in [0.15, 0.2) is 0 Å². The van der Waals surface area contributed by atoms with Crippen molar-refractivity contribution in [3.63, 3.8) is 0 Å². The average molecular weight is 130 g/mol. The molecule has 0 radical (unpaired) electrons. The molecule has 0 aromatic carbocycles. The third-order valence-electron chi connectivity index (χ3n) is 1.55. The summed E-state index contributed by atoms with van der Waals surface area (Å²) in [5, 5.41) is 4.47. The Kier molecular flexibility index (Phi) is 4.72. The fourth-order valence-electron chi connectivity index (χ4n) is 0.870. The van der Waals surface area contributed by atoms with E-state index in [1.165, 1.54) is 19.5 Å². The second kappa shape index (κ2) is 4.77. The summed E-state index contributed by atoms with van der Waals surface area (Å²) in [7, 11) is 4.24. The maximum atomic E-state index is 2.24. The third kappa shape index (κ3) is 2.82. The molecule has 0 bridgehead atoms. The molecule has 1 rings (SSSR count). The van der Waals surface area contributed by atoms with E-state index in [1.54, 1.807) is 0 Å². The van der Waals surface area contributed by atoms with Gasteiger partial charge < -0.3 is 0 Å². The van der Waals surface area contributed by atoms with Gasteiger partial charge in [-0.05, 0) is 6.42 Å². The summed E-state index contributed by atoms with van der Waals surface area (Å²) in [5.74, 6) is 0. The lowest BCUT2D eigenvalue weighted by atomic mass is 10.5. The van der Waals surface area contributed by atoms with Crippen molar-refractivity contribution >= 4 is 0 Å². The lowest BCUT2D eigenvalue weighted by Gasteiger charge is -2.16. The predicted molar refractivity (Wildman–Crippen MR) is 41.2 cm³/mol. The summed E-state index contributed by atoms with van der Waals surface area (Å²) in [6, 6.07) is 0. The van der Waals surface area contributed by atoms with Gasteiger partial charge in [-0.25, -0.2) is 10.0 Å². The summed E-state index contributed by atoms with van der Waals surface area (Å²) < 4.78 is 0. The van der Waals surface area contributed by atoms with Gasteiger partial charge in [0.05, 0.1) is 0 Å². The van der Waals surface area contributed by atoms with E-state index in [4.69, 9.17) is 0 Å². The first-order valence-electron chi connectivity index (χ1n) is 3.73. The molecule has 0 N–H and O–H groups in total. The molecule has 0 unspecified atom stereocenters. The van der Waals surface area contributed by atoms with Crippen molar-refractivity contribution in [3.05, 3.63) is 0 Å². The van der Waals surface area contributed by atoms with Gasteiger partial charge in [-0.15, -0.1) is 0 Å². The summed E-state index contributed by atoms with van der Waals surface area (Å²) in [6.45, 7) is 6.47. The quantitative estimate of drug-likeness (QED) is 0.486. The molecule has 56 valence electrons. The number of rotatable bonds is 0. The molecule has 1 aliphatic rings. The molecule has 1 fully saturated rings. The van der Waals surface area contributed by atoms with Crippen LogP contribution in [0, 0.1) is 0 Å². The summed E-state index contributed by atoms with van der Waals surface area (Å²) in [4.78, 5) is 0. The molecule has 9 heavy (non-hydrogen) atoms. The molecule has 0 aromatic rings. The number of hydrogen-bond acceptors (Lipinski definition) is 2. The highest BCUT2D eigenvalue weighted by Gasteiger charge is 2.11. The highest BCUT2D eigenvalue weighted by Crippen LogP contribution is 2.01. The van der Waals surface area contributed by atoms with Crippen molar-refractivity contribution in [2.45, 2.75) is 20.3 Å². The van der Waals surface area contributed by atoms with Crippen molar-refractivity contribution in [2.75, 3.05) is 27.2 Å². The lowest BCUT2D eigenvalue weighted by Crippen LogP contribution is -2.28. The molecule has 2 nitrogen and oxygen atoms in total. The lowest BCUT2D eigenvalue weighted by molar-refractivity contribution is 0.0894. The van der Waals surface area contributed by atoms with E-state index >= 15 is 0 Å². The first kappa shape index (κ1) is 8.92. The monoisotopic (exact) mass is 130 g/mol. The fourth-order valence-corrected chi connectivity index (χ4v) is 0.870. The second-order valence-corrected chi connectivity index (χ2v) is 2.12. The number of hydrogen-bond donors (Lipinski definition) is 0. The zero-order chi connectivity index (χ0) is 7.28. The van der Waals surface area contributed by atoms with E-state index in [9.17, 15) is 0 Å². The fraction of sp³-hybridized carbons (Fsp3) is 1.00. The molecule has 0 spiro atoms. The Morgan fingerprint density at radius 1 is 0.889 bits per heavy atom. The van der Waals surface area contributed by atoms with Crippen molar-refractivity contribution in [1.82, 2.24) is 10.0 Å². The molecule has 0 aliphatic carbocycles. The highest BCUT2D eigenvalue weighted by molar-refractivity contribution is 4.57. The third-order valence-corrected chi connectivity index (χ3v) is 1.55. The first-order valence-corrected chi connectivity index (χ1v) is 3.73. The van der Waals surface area contributed by atoms with Gasteiger partial charge in [-0.2, -0.15) is 0 Å². The minimum atomic E-state index is 1.23. The van der Waals surface area contributed by atoms with Gasteiger partial charge in [-0.3, -0.25) is 0 Å². The van der Waals surface area contributed by atoms with Crippen molar-refractivity contribution < 1.29 is 0 Å². The molecule has 2 heteroatoms. The van der Waals surface area contributed by atoms with Crippen LogP contribution < -0.4 is 0 Å². The molecular formula is C7H18N2. The standard InChI is InChI=1S/C5H12N2.C2H6/c1-6-4-3-5-7(6)2;1-2/h3-5H2,1-2H3;1-2H3. The van der Waals surface area contributed by atoms with Crippen molar-refractivity contribution in [3.8, 4) is 0 Å². The van der Waals surface area contributed by atoms with Crippen LogP contribution in [0.4, 0.5) is 0 Å². The van der Waals surface area contributed by atoms with Crippen LogP contribution in [0.3, 0.4) is 0 Å². The zero-order valence-electron chi connectivity index (χ0n) is 7.02. The molecule has 0 amide bonds. The molecule has 1 saturated heterocycles. The average Bonchev–Trinajstić information content (AvgIpc) is 2.23. The normalized spacial score (nSPS) is 21.3. The Morgan fingerprint density at radius 2 is 1.22 bits per heavy atom. The van der Waals surface area contributed by atoms with Crippen LogP contribution in [0.1, 0.15) is 20.3 Å². The Labute approximate surface area is 58.4 Å². The van der Waals surface area contributed by atoms with E-state index in [2.05, 4.69) is 24.1 Å². The van der Waals surface area contributed by atoms with E-state index in [0.717, 1.165) is 0 Å². The van der Waals surface area contributed by atoms with Crippen LogP contribution in [0.2, 0.25) is 0 Å². The number of nitrogens with zero attached hydrogens (tertiary/aromatic N) is 2. The molecular weight excluding hydrogens is 112 g/mol. The largest absolute Gasteiger partial charge is 0.245 e. The minimum Gasteiger partial charge on any atom is -0.245 e. The van der Waals surface area contributed by atoms with Crippen molar-refractivity contribution in [2.24, 2.45) is 0 Å². The van der Waals surface area contributed by atoms with Crippen LogP contribution >= 0.6 is 0 Å². The van der Waals surface area contributed by atoms with Crippen LogP contribution in [0.25, 0.3) is 0 Å². The van der Waals surface area contributed by atoms with Gasteiger partial charge in [0.15, 0.2) is 0 Å². The van der Waals surface area contributed by atoms with E-state index in [-0.39, 0.29) is 0 Å². The molecule has 0 aromatic heterocycles. The van der Waals surface area contributed by atoms with Gasteiger partial charge in [0.2, 0.25) is 0 Å². The van der Waals surface area contributed by atoms with Crippen LogP contribution in [-0.2, 0) is 0 Å². The number of hydrazine groups is 1. The SMILES string of the molecule is CC.CN1CCCN1C. The van der Waals surface area contributed by atoms with Gasteiger partial charge in [0.1, 0.15) is 0 Å². The van der Waals surface area contributed by atoms with E-state index in [1.807, 2.05) is 13.8 Å². The molecule has 1 heterocycles. The second-order valence-electron chi connectivity index (χ2n) is 2.12. The molecule has 0 saturated carbocycles. The van der Waals surface area contributed by atoms with Gasteiger partial charge in [-0.1, -0.05) is 13.8 Å². The van der Waals surface area contributed by atoms with Gasteiger partial charge >= 0.3 is 0 Å². The van der Waals surface area contributed by atoms with E-state index < -0.39 is 0 Å². The highest BCUT2D eigenvalue weighted by atomic mass is 15.6. The predicted octanol–water partition coefficient (Wildman–Crippen LogP) is 1.19. The van der Waals surface area contributed by atoms with Crippen LogP contribution in [-0.4, -0.2) is 37.2 Å². The van der Waals surface area contributed by atoms with Crippen LogP contribution in [0.5, 0.6) is 0 Å². The van der Waals surface area contributed by atoms with Gasteiger partial charge in [0, 0.05) is 27.2 Å². The Balaban J connectivity index is 0.000000291. The maximum Gasteiger partial charge on any atom is 0.0142 e. The molecule has 1 aliphatic heterocycles. The summed E-state index contributed by atoms with van der Waals surface area (Å²) in [5.41, 5.74) is 0. The summed E-state index contributed by atoms with van der Waals surface area (Å²) >= 11 is 0. The zero-order valence-corrected chi connectivity index (χ0v) is 7.02. The van der Waals surface area contributed by atoms with Gasteiger partial charge in [0.25, 0.3) is 0 Å². The minimum absolute atomic E-state index is 1.23. The smallest absolute Gasteiger partial charge is 0.0142 e. The van der Waals surface area contributed by atoms with E-state index in [0.29, 0.717) is 0 Å². The van der Waals surface area contributed by atoms with Crippen molar-refractivity contribution in [1.29, 1.82) is 0 Å². The maximum absolute atomic E-state index is 2.24.